The summed E-state index contributed by atoms with van der Waals surface area (Å²) in [6.07, 6.45) is 0. The van der Waals surface area contributed by atoms with Crippen molar-refractivity contribution in [2.24, 2.45) is 16.0 Å². The summed E-state index contributed by atoms with van der Waals surface area (Å²) < 4.78 is 0. The SMILES string of the molecule is Bc1ccc(/C(=N/N=C)NN)cc1C. The molecule has 0 aliphatic carbocycles. The van der Waals surface area contributed by atoms with Crippen LogP contribution in [0.25, 0.3) is 0 Å². The fourth-order valence-electron chi connectivity index (χ4n) is 1.13. The minimum atomic E-state index is 0.517. The molecule has 0 saturated heterocycles. The molecule has 14 heavy (non-hydrogen) atoms. The van der Waals surface area contributed by atoms with E-state index in [9.17, 15) is 0 Å². The van der Waals surface area contributed by atoms with Crippen LogP contribution in [0.2, 0.25) is 0 Å². The van der Waals surface area contributed by atoms with Crippen LogP contribution in [0, 0.1) is 6.92 Å². The summed E-state index contributed by atoms with van der Waals surface area (Å²) in [5.74, 6) is 5.83. The molecule has 1 aromatic rings. The maximum absolute atomic E-state index is 5.31. The lowest BCUT2D eigenvalue weighted by Crippen LogP contribution is -2.31. The average Bonchev–Trinajstić information content (AvgIpc) is 2.19. The monoisotopic (exact) mass is 188 g/mol. The second-order valence-corrected chi connectivity index (χ2v) is 3.03. The molecule has 4 nitrogen and oxygen atoms in total. The van der Waals surface area contributed by atoms with Crippen LogP contribution in [0.15, 0.2) is 28.4 Å². The molecule has 0 radical (unpaired) electrons. The highest BCUT2D eigenvalue weighted by molar-refractivity contribution is 6.33. The Kier molecular flexibility index (Phi) is 3.42. The van der Waals surface area contributed by atoms with Gasteiger partial charge in [0.15, 0.2) is 5.84 Å². The standard InChI is InChI=1S/C9H13BN4/c1-6-5-7(3-4-8(6)10)9(13-11)14-12-2/h3-5H,2,10-11H2,1H3,(H,13,14). The van der Waals surface area contributed by atoms with Crippen molar-refractivity contribution in [2.75, 3.05) is 0 Å². The highest BCUT2D eigenvalue weighted by Gasteiger charge is 2.02. The van der Waals surface area contributed by atoms with E-state index in [-0.39, 0.29) is 0 Å². The molecular weight excluding hydrogens is 175 g/mol. The van der Waals surface area contributed by atoms with Crippen LogP contribution >= 0.6 is 0 Å². The first kappa shape index (κ1) is 10.5. The number of nitrogens with two attached hydrogens (primary N) is 1. The Labute approximate surface area is 84.3 Å². The minimum absolute atomic E-state index is 0.517. The number of nitrogens with zero attached hydrogens (tertiary/aromatic N) is 2. The molecule has 1 aromatic carbocycles. The van der Waals surface area contributed by atoms with Gasteiger partial charge in [0, 0.05) is 12.3 Å². The van der Waals surface area contributed by atoms with Crippen LogP contribution < -0.4 is 16.7 Å². The zero-order chi connectivity index (χ0) is 10.6. The minimum Gasteiger partial charge on any atom is -0.306 e. The molecule has 1 rings (SSSR count). The Morgan fingerprint density at radius 2 is 2.29 bits per heavy atom. The predicted molar refractivity (Wildman–Crippen MR) is 62.8 cm³/mol. The summed E-state index contributed by atoms with van der Waals surface area (Å²) >= 11 is 0. The van der Waals surface area contributed by atoms with Crippen molar-refractivity contribution >= 4 is 25.9 Å². The van der Waals surface area contributed by atoms with Gasteiger partial charge >= 0.3 is 0 Å². The first-order valence-electron chi connectivity index (χ1n) is 4.27. The van der Waals surface area contributed by atoms with E-state index in [2.05, 4.69) is 30.2 Å². The Bertz CT molecular complexity index is 373. The fraction of sp³-hybridized carbons (Fsp3) is 0.111. The van der Waals surface area contributed by atoms with E-state index < -0.39 is 0 Å². The molecule has 0 amide bonds. The summed E-state index contributed by atoms with van der Waals surface area (Å²) in [5, 5.41) is 7.21. The van der Waals surface area contributed by atoms with Gasteiger partial charge in [-0.1, -0.05) is 23.2 Å². The molecule has 0 bridgehead atoms. The highest BCUT2D eigenvalue weighted by Crippen LogP contribution is 2.01. The summed E-state index contributed by atoms with van der Waals surface area (Å²) in [6.45, 7) is 5.32. The molecule has 0 unspecified atom stereocenters. The van der Waals surface area contributed by atoms with Crippen molar-refractivity contribution in [3.63, 3.8) is 0 Å². The average molecular weight is 188 g/mol. The van der Waals surface area contributed by atoms with Gasteiger partial charge in [-0.05, 0) is 13.0 Å². The zero-order valence-corrected chi connectivity index (χ0v) is 8.41. The molecular formula is C9H13BN4. The van der Waals surface area contributed by atoms with E-state index in [1.54, 1.807) is 0 Å². The van der Waals surface area contributed by atoms with E-state index >= 15 is 0 Å². The number of nitrogens with one attached hydrogen (secondary N) is 1. The number of amidine groups is 1. The largest absolute Gasteiger partial charge is 0.306 e. The van der Waals surface area contributed by atoms with Crippen molar-refractivity contribution in [1.82, 2.24) is 5.43 Å². The maximum Gasteiger partial charge on any atom is 0.169 e. The normalized spacial score (nSPS) is 11.1. The van der Waals surface area contributed by atoms with Crippen LogP contribution in [0.4, 0.5) is 0 Å². The second kappa shape index (κ2) is 4.57. The van der Waals surface area contributed by atoms with E-state index in [1.165, 1.54) is 11.0 Å². The first-order chi connectivity index (χ1) is 6.69. The molecule has 0 aromatic heterocycles. The van der Waals surface area contributed by atoms with Gasteiger partial charge in [-0.25, -0.2) is 5.84 Å². The van der Waals surface area contributed by atoms with Crippen LogP contribution in [-0.4, -0.2) is 20.4 Å². The third-order valence-electron chi connectivity index (χ3n) is 2.09. The van der Waals surface area contributed by atoms with Gasteiger partial charge in [0.2, 0.25) is 0 Å². The smallest absolute Gasteiger partial charge is 0.169 e. The molecule has 0 saturated carbocycles. The number of rotatable bonds is 2. The topological polar surface area (TPSA) is 62.8 Å². The highest BCUT2D eigenvalue weighted by atomic mass is 15.3. The van der Waals surface area contributed by atoms with Crippen LogP contribution in [0.1, 0.15) is 11.1 Å². The number of aryl methyl sites for hydroxylation is 1. The van der Waals surface area contributed by atoms with Crippen molar-refractivity contribution in [1.29, 1.82) is 0 Å². The van der Waals surface area contributed by atoms with E-state index in [4.69, 9.17) is 5.84 Å². The van der Waals surface area contributed by atoms with Gasteiger partial charge in [-0.2, -0.15) is 5.10 Å². The zero-order valence-electron chi connectivity index (χ0n) is 8.41. The van der Waals surface area contributed by atoms with Gasteiger partial charge in [0.05, 0.1) is 0 Å². The molecule has 72 valence electrons. The van der Waals surface area contributed by atoms with Crippen LogP contribution in [0.5, 0.6) is 0 Å². The van der Waals surface area contributed by atoms with Crippen molar-refractivity contribution in [3.05, 3.63) is 29.3 Å². The first-order valence-corrected chi connectivity index (χ1v) is 4.27. The Hall–Kier alpha value is -1.62. The van der Waals surface area contributed by atoms with Gasteiger partial charge in [0.1, 0.15) is 7.85 Å². The molecule has 3 N–H and O–H groups in total. The number of hydrogen-bond acceptors (Lipinski definition) is 3. The predicted octanol–water partition coefficient (Wildman–Crippen LogP) is -0.921. The number of benzene rings is 1. The lowest BCUT2D eigenvalue weighted by Gasteiger charge is -2.06. The van der Waals surface area contributed by atoms with Crippen molar-refractivity contribution in [2.45, 2.75) is 6.92 Å². The van der Waals surface area contributed by atoms with Crippen molar-refractivity contribution < 1.29 is 0 Å². The van der Waals surface area contributed by atoms with Gasteiger partial charge in [0.25, 0.3) is 0 Å². The molecule has 0 fully saturated rings. The Morgan fingerprint density at radius 3 is 2.79 bits per heavy atom. The van der Waals surface area contributed by atoms with Crippen LogP contribution in [0.3, 0.4) is 0 Å². The van der Waals surface area contributed by atoms with E-state index in [1.807, 2.05) is 25.1 Å². The van der Waals surface area contributed by atoms with Crippen LogP contribution in [-0.2, 0) is 0 Å². The number of hydrogen-bond donors (Lipinski definition) is 2. The van der Waals surface area contributed by atoms with E-state index in [0.29, 0.717) is 5.84 Å². The molecule has 0 aliphatic rings. The summed E-state index contributed by atoms with van der Waals surface area (Å²) in [6, 6.07) is 5.95. The lowest BCUT2D eigenvalue weighted by molar-refractivity contribution is 1.01. The quantitative estimate of drug-likeness (QED) is 0.207. The van der Waals surface area contributed by atoms with Gasteiger partial charge < -0.3 is 5.43 Å². The third kappa shape index (κ3) is 2.20. The van der Waals surface area contributed by atoms with Crippen molar-refractivity contribution in [3.8, 4) is 0 Å². The summed E-state index contributed by atoms with van der Waals surface area (Å²) in [5.41, 5.74) is 5.81. The Morgan fingerprint density at radius 1 is 1.57 bits per heavy atom. The summed E-state index contributed by atoms with van der Waals surface area (Å²) in [7, 11) is 2.05. The van der Waals surface area contributed by atoms with Gasteiger partial charge in [-0.15, -0.1) is 5.10 Å². The van der Waals surface area contributed by atoms with E-state index in [0.717, 1.165) is 5.56 Å². The van der Waals surface area contributed by atoms with Gasteiger partial charge in [-0.3, -0.25) is 0 Å². The molecule has 0 atom stereocenters. The molecule has 0 heterocycles. The lowest BCUT2D eigenvalue weighted by atomic mass is 9.90. The maximum atomic E-state index is 5.31. The second-order valence-electron chi connectivity index (χ2n) is 3.03. The Balaban J connectivity index is 3.12. The summed E-state index contributed by atoms with van der Waals surface area (Å²) in [4.78, 5) is 0. The molecule has 0 aliphatic heterocycles. The molecule has 0 spiro atoms. The third-order valence-corrected chi connectivity index (χ3v) is 2.09. The molecule has 5 heteroatoms. The fourth-order valence-corrected chi connectivity index (χ4v) is 1.13. The number of hydrazine groups is 1.